The molecule has 0 saturated heterocycles. The van der Waals surface area contributed by atoms with Gasteiger partial charge in [0.05, 0.1) is 19.9 Å². The molecule has 156 valence electrons. The van der Waals surface area contributed by atoms with Gasteiger partial charge in [-0.2, -0.15) is 0 Å². The smallest absolute Gasteiger partial charge is 0.282 e. The first-order valence-electron chi connectivity index (χ1n) is 9.39. The number of carbonyl (C=O) groups excluding carboxylic acids is 1. The van der Waals surface area contributed by atoms with Crippen molar-refractivity contribution in [3.8, 4) is 11.5 Å². The number of benzene rings is 3. The van der Waals surface area contributed by atoms with Crippen molar-refractivity contribution in [2.24, 2.45) is 4.99 Å². The zero-order valence-corrected chi connectivity index (χ0v) is 19.1. The Morgan fingerprint density at radius 3 is 2.35 bits per heavy atom. The van der Waals surface area contributed by atoms with E-state index in [-0.39, 0.29) is 5.91 Å². The molecular weight excluding hydrogens is 480 g/mol. The topological polar surface area (TPSA) is 51.1 Å². The summed E-state index contributed by atoms with van der Waals surface area (Å²) in [5.74, 6) is 1.49. The lowest BCUT2D eigenvalue weighted by molar-refractivity contribution is -0.113. The molecule has 0 aliphatic carbocycles. The molecule has 1 aliphatic rings. The van der Waals surface area contributed by atoms with Crippen LogP contribution in [0.1, 0.15) is 11.1 Å². The fourth-order valence-corrected chi connectivity index (χ4v) is 3.86. The molecule has 1 aliphatic heterocycles. The third kappa shape index (κ3) is 4.22. The number of anilines is 1. The highest BCUT2D eigenvalue weighted by Gasteiger charge is 2.33. The van der Waals surface area contributed by atoms with Crippen LogP contribution in [0.2, 0.25) is 5.02 Å². The van der Waals surface area contributed by atoms with Crippen LogP contribution in [-0.4, -0.2) is 26.0 Å². The van der Waals surface area contributed by atoms with Crippen LogP contribution in [0.25, 0.3) is 6.08 Å². The molecule has 1 heterocycles. The Kier molecular flexibility index (Phi) is 6.11. The van der Waals surface area contributed by atoms with Crippen molar-refractivity contribution in [3.05, 3.63) is 93.0 Å². The largest absolute Gasteiger partial charge is 0.493 e. The molecule has 0 saturated carbocycles. The second-order valence-corrected chi connectivity index (χ2v) is 7.97. The van der Waals surface area contributed by atoms with E-state index in [1.807, 2.05) is 30.3 Å². The van der Waals surface area contributed by atoms with Gasteiger partial charge in [-0.25, -0.2) is 4.99 Å². The molecule has 0 fully saturated rings. The fraction of sp³-hybridized carbons (Fsp3) is 0.0833. The van der Waals surface area contributed by atoms with Crippen molar-refractivity contribution < 1.29 is 14.3 Å². The van der Waals surface area contributed by atoms with Gasteiger partial charge < -0.3 is 9.47 Å². The van der Waals surface area contributed by atoms with Crippen molar-refractivity contribution in [2.45, 2.75) is 0 Å². The van der Waals surface area contributed by atoms with E-state index >= 15 is 0 Å². The highest BCUT2D eigenvalue weighted by atomic mass is 79.9. The lowest BCUT2D eigenvalue weighted by Crippen LogP contribution is -2.32. The Labute approximate surface area is 193 Å². The standard InChI is InChI=1S/C24H18BrClN2O3/c1-30-21-12-7-15(14-22(21)31-2)13-20-24(29)28(17-10-8-16(26)9-11-17)23(27-20)18-5-3-4-6-19(18)25/h3-14H,1-2H3/b20-13+. The van der Waals surface area contributed by atoms with Crippen LogP contribution in [0, 0.1) is 0 Å². The van der Waals surface area contributed by atoms with Gasteiger partial charge in [-0.15, -0.1) is 0 Å². The molecule has 0 bridgehead atoms. The first-order valence-corrected chi connectivity index (χ1v) is 10.6. The summed E-state index contributed by atoms with van der Waals surface area (Å²) in [6, 6.07) is 20.2. The number of aliphatic imine (C=N–C) groups is 1. The summed E-state index contributed by atoms with van der Waals surface area (Å²) in [7, 11) is 3.15. The lowest BCUT2D eigenvalue weighted by atomic mass is 10.1. The number of rotatable bonds is 5. The maximum Gasteiger partial charge on any atom is 0.282 e. The van der Waals surface area contributed by atoms with Crippen LogP contribution >= 0.6 is 27.5 Å². The number of hydrogen-bond acceptors (Lipinski definition) is 4. The molecule has 4 rings (SSSR count). The van der Waals surface area contributed by atoms with E-state index in [4.69, 9.17) is 26.1 Å². The quantitative estimate of drug-likeness (QED) is 0.409. The van der Waals surface area contributed by atoms with E-state index in [0.29, 0.717) is 33.7 Å². The second-order valence-electron chi connectivity index (χ2n) is 6.68. The first kappa shape index (κ1) is 21.2. The molecule has 3 aromatic rings. The summed E-state index contributed by atoms with van der Waals surface area (Å²) in [6.07, 6.45) is 1.73. The van der Waals surface area contributed by atoms with Crippen LogP contribution in [-0.2, 0) is 4.79 Å². The number of amides is 1. The Bertz CT molecular complexity index is 1210. The summed E-state index contributed by atoms with van der Waals surface area (Å²) in [6.45, 7) is 0. The van der Waals surface area contributed by atoms with Gasteiger partial charge in [-0.05, 0) is 54.1 Å². The van der Waals surface area contributed by atoms with E-state index in [2.05, 4.69) is 15.9 Å². The van der Waals surface area contributed by atoms with Gasteiger partial charge in [0.25, 0.3) is 5.91 Å². The minimum Gasteiger partial charge on any atom is -0.493 e. The Balaban J connectivity index is 1.83. The van der Waals surface area contributed by atoms with Crippen LogP contribution in [0.5, 0.6) is 11.5 Å². The van der Waals surface area contributed by atoms with Gasteiger partial charge in [0.2, 0.25) is 0 Å². The van der Waals surface area contributed by atoms with E-state index in [1.165, 1.54) is 0 Å². The van der Waals surface area contributed by atoms with E-state index in [1.54, 1.807) is 61.6 Å². The van der Waals surface area contributed by atoms with Crippen LogP contribution in [0.15, 0.2) is 81.9 Å². The fourth-order valence-electron chi connectivity index (χ4n) is 3.27. The number of ether oxygens (including phenoxy) is 2. The number of hydrogen-bond donors (Lipinski definition) is 0. The molecule has 0 N–H and O–H groups in total. The average molecular weight is 498 g/mol. The molecule has 5 nitrogen and oxygen atoms in total. The van der Waals surface area contributed by atoms with Gasteiger partial charge >= 0.3 is 0 Å². The van der Waals surface area contributed by atoms with Gasteiger partial charge in [0, 0.05) is 15.1 Å². The van der Waals surface area contributed by atoms with Crippen molar-refractivity contribution in [2.75, 3.05) is 19.1 Å². The first-order chi connectivity index (χ1) is 15.0. The number of amidine groups is 1. The second kappa shape index (κ2) is 8.96. The van der Waals surface area contributed by atoms with Crippen molar-refractivity contribution >= 4 is 51.0 Å². The molecule has 0 radical (unpaired) electrons. The van der Waals surface area contributed by atoms with Gasteiger partial charge in [-0.3, -0.25) is 9.69 Å². The summed E-state index contributed by atoms with van der Waals surface area (Å²) in [4.78, 5) is 19.7. The minimum absolute atomic E-state index is 0.233. The highest BCUT2D eigenvalue weighted by Crippen LogP contribution is 2.33. The summed E-state index contributed by atoms with van der Waals surface area (Å²) >= 11 is 9.62. The van der Waals surface area contributed by atoms with Crippen LogP contribution in [0.4, 0.5) is 5.69 Å². The molecular formula is C24H18BrClN2O3. The van der Waals surface area contributed by atoms with E-state index in [0.717, 1.165) is 15.6 Å². The van der Waals surface area contributed by atoms with Crippen molar-refractivity contribution in [1.82, 2.24) is 0 Å². The highest BCUT2D eigenvalue weighted by molar-refractivity contribution is 9.10. The van der Waals surface area contributed by atoms with Crippen molar-refractivity contribution in [3.63, 3.8) is 0 Å². The van der Waals surface area contributed by atoms with Crippen LogP contribution in [0.3, 0.4) is 0 Å². The third-order valence-electron chi connectivity index (χ3n) is 4.77. The molecule has 7 heteroatoms. The normalized spacial score (nSPS) is 14.7. The molecule has 3 aromatic carbocycles. The maximum absolute atomic E-state index is 13.4. The SMILES string of the molecule is COc1ccc(/C=C2/N=C(c3ccccc3Br)N(c3ccc(Cl)cc3)C2=O)cc1OC. The molecule has 31 heavy (non-hydrogen) atoms. The summed E-state index contributed by atoms with van der Waals surface area (Å²) in [5, 5.41) is 0.593. The van der Waals surface area contributed by atoms with Gasteiger partial charge in [0.15, 0.2) is 11.5 Å². The third-order valence-corrected chi connectivity index (χ3v) is 5.71. The Morgan fingerprint density at radius 1 is 0.968 bits per heavy atom. The predicted octanol–water partition coefficient (Wildman–Crippen LogP) is 5.95. The van der Waals surface area contributed by atoms with Crippen molar-refractivity contribution in [1.29, 1.82) is 0 Å². The predicted molar refractivity (Wildman–Crippen MR) is 127 cm³/mol. The summed E-state index contributed by atoms with van der Waals surface area (Å²) in [5.41, 5.74) is 2.57. The summed E-state index contributed by atoms with van der Waals surface area (Å²) < 4.78 is 11.5. The van der Waals surface area contributed by atoms with Gasteiger partial charge in [-0.1, -0.05) is 51.8 Å². The Hall–Kier alpha value is -3.09. The zero-order chi connectivity index (χ0) is 22.0. The number of carbonyl (C=O) groups is 1. The zero-order valence-electron chi connectivity index (χ0n) is 16.8. The Morgan fingerprint density at radius 2 is 1.68 bits per heavy atom. The average Bonchev–Trinajstić information content (AvgIpc) is 3.10. The van der Waals surface area contributed by atoms with Crippen LogP contribution < -0.4 is 14.4 Å². The molecule has 1 amide bonds. The molecule has 0 atom stereocenters. The lowest BCUT2D eigenvalue weighted by Gasteiger charge is -2.19. The number of nitrogens with zero attached hydrogens (tertiary/aromatic N) is 2. The monoisotopic (exact) mass is 496 g/mol. The van der Waals surface area contributed by atoms with E-state index in [9.17, 15) is 4.79 Å². The maximum atomic E-state index is 13.4. The molecule has 0 aromatic heterocycles. The molecule has 0 unspecified atom stereocenters. The number of halogens is 2. The molecule has 0 spiro atoms. The van der Waals surface area contributed by atoms with Gasteiger partial charge in [0.1, 0.15) is 11.5 Å². The minimum atomic E-state index is -0.233. The number of methoxy groups -OCH3 is 2. The van der Waals surface area contributed by atoms with E-state index < -0.39 is 0 Å².